The molecule has 4 heteroatoms. The minimum Gasteiger partial charge on any atom is -0.399 e. The van der Waals surface area contributed by atoms with Crippen LogP contribution >= 0.6 is 0 Å². The number of hydrogen-bond donors (Lipinski definition) is 1. The molecule has 3 rings (SSSR count). The lowest BCUT2D eigenvalue weighted by Crippen LogP contribution is -2.35. The van der Waals surface area contributed by atoms with Gasteiger partial charge in [-0.1, -0.05) is 24.3 Å². The zero-order valence-corrected chi connectivity index (χ0v) is 12.6. The molecular formula is C18H21N3O. The van der Waals surface area contributed by atoms with Gasteiger partial charge in [-0.05, 0) is 36.8 Å². The van der Waals surface area contributed by atoms with E-state index in [2.05, 4.69) is 29.2 Å². The summed E-state index contributed by atoms with van der Waals surface area (Å²) >= 11 is 0. The number of carbonyl (C=O) groups excluding carboxylic acids is 1. The topological polar surface area (TPSA) is 49.6 Å². The maximum absolute atomic E-state index is 12.6. The Balaban J connectivity index is 1.69. The molecule has 2 N–H and O–H groups in total. The fraction of sp³-hybridized carbons (Fsp3) is 0.278. The first-order chi connectivity index (χ1) is 10.7. The molecule has 22 heavy (non-hydrogen) atoms. The van der Waals surface area contributed by atoms with Crippen LogP contribution in [-0.4, -0.2) is 37.0 Å². The molecule has 1 aliphatic heterocycles. The Hall–Kier alpha value is -2.49. The van der Waals surface area contributed by atoms with Gasteiger partial charge in [0.2, 0.25) is 0 Å². The summed E-state index contributed by atoms with van der Waals surface area (Å²) < 4.78 is 0. The summed E-state index contributed by atoms with van der Waals surface area (Å²) in [5.74, 6) is 0.0715. The van der Waals surface area contributed by atoms with Gasteiger partial charge in [-0.15, -0.1) is 0 Å². The van der Waals surface area contributed by atoms with Crippen LogP contribution in [0.1, 0.15) is 16.8 Å². The van der Waals surface area contributed by atoms with Gasteiger partial charge in [0.05, 0.1) is 0 Å². The predicted octanol–water partition coefficient (Wildman–Crippen LogP) is 2.62. The van der Waals surface area contributed by atoms with Crippen molar-refractivity contribution in [3.63, 3.8) is 0 Å². The van der Waals surface area contributed by atoms with Crippen LogP contribution in [0.15, 0.2) is 54.6 Å². The number of nitrogen functional groups attached to an aromatic ring is 1. The van der Waals surface area contributed by atoms with Crippen LogP contribution < -0.4 is 10.6 Å². The molecule has 0 unspecified atom stereocenters. The monoisotopic (exact) mass is 295 g/mol. The van der Waals surface area contributed by atoms with E-state index in [1.807, 2.05) is 23.1 Å². The number of hydrogen-bond acceptors (Lipinski definition) is 3. The third-order valence-electron chi connectivity index (χ3n) is 4.04. The molecule has 1 saturated heterocycles. The molecule has 1 heterocycles. The van der Waals surface area contributed by atoms with E-state index in [1.165, 1.54) is 5.69 Å². The fourth-order valence-electron chi connectivity index (χ4n) is 2.87. The fourth-order valence-corrected chi connectivity index (χ4v) is 2.87. The quantitative estimate of drug-likeness (QED) is 0.867. The zero-order valence-electron chi connectivity index (χ0n) is 12.6. The van der Waals surface area contributed by atoms with Crippen molar-refractivity contribution in [3.05, 3.63) is 60.2 Å². The molecule has 0 aromatic heterocycles. The average Bonchev–Trinajstić information content (AvgIpc) is 2.81. The van der Waals surface area contributed by atoms with E-state index in [1.54, 1.807) is 12.1 Å². The highest BCUT2D eigenvalue weighted by Crippen LogP contribution is 2.17. The molecule has 1 amide bonds. The Kier molecular flexibility index (Phi) is 4.28. The number of nitrogens with zero attached hydrogens (tertiary/aromatic N) is 2. The van der Waals surface area contributed by atoms with Gasteiger partial charge in [0.1, 0.15) is 0 Å². The molecule has 1 aliphatic rings. The number of benzene rings is 2. The summed E-state index contributed by atoms with van der Waals surface area (Å²) in [7, 11) is 0. The van der Waals surface area contributed by atoms with Crippen molar-refractivity contribution in [2.75, 3.05) is 36.8 Å². The molecule has 4 nitrogen and oxygen atoms in total. The second-order valence-electron chi connectivity index (χ2n) is 5.59. The number of amides is 1. The average molecular weight is 295 g/mol. The number of para-hydroxylation sites is 1. The van der Waals surface area contributed by atoms with E-state index in [9.17, 15) is 4.79 Å². The SMILES string of the molecule is Nc1cccc(C(=O)N2CCCN(c3ccccc3)CC2)c1. The summed E-state index contributed by atoms with van der Waals surface area (Å²) in [5, 5.41) is 0. The summed E-state index contributed by atoms with van der Waals surface area (Å²) in [4.78, 5) is 16.9. The van der Waals surface area contributed by atoms with E-state index < -0.39 is 0 Å². The molecule has 0 radical (unpaired) electrons. The van der Waals surface area contributed by atoms with Gasteiger partial charge in [0.25, 0.3) is 5.91 Å². The summed E-state index contributed by atoms with van der Waals surface area (Å²) in [6.45, 7) is 3.36. The Morgan fingerprint density at radius 2 is 1.73 bits per heavy atom. The van der Waals surface area contributed by atoms with Crippen LogP contribution in [0.5, 0.6) is 0 Å². The molecule has 0 saturated carbocycles. The first kappa shape index (κ1) is 14.4. The van der Waals surface area contributed by atoms with Crippen molar-refractivity contribution >= 4 is 17.3 Å². The van der Waals surface area contributed by atoms with Crippen molar-refractivity contribution in [2.24, 2.45) is 0 Å². The van der Waals surface area contributed by atoms with Crippen molar-refractivity contribution < 1.29 is 4.79 Å². The minimum atomic E-state index is 0.0715. The van der Waals surface area contributed by atoms with E-state index in [0.29, 0.717) is 11.3 Å². The Labute approximate surface area is 131 Å². The second-order valence-corrected chi connectivity index (χ2v) is 5.59. The van der Waals surface area contributed by atoms with E-state index in [4.69, 9.17) is 5.73 Å². The molecule has 2 aromatic carbocycles. The van der Waals surface area contributed by atoms with Crippen molar-refractivity contribution in [1.82, 2.24) is 4.90 Å². The van der Waals surface area contributed by atoms with Crippen LogP contribution in [0, 0.1) is 0 Å². The molecular weight excluding hydrogens is 274 g/mol. The molecule has 0 atom stereocenters. The summed E-state index contributed by atoms with van der Waals surface area (Å²) in [6.07, 6.45) is 0.975. The van der Waals surface area contributed by atoms with Gasteiger partial charge in [0.15, 0.2) is 0 Å². The van der Waals surface area contributed by atoms with Gasteiger partial charge >= 0.3 is 0 Å². The van der Waals surface area contributed by atoms with Crippen LogP contribution in [0.2, 0.25) is 0 Å². The summed E-state index contributed by atoms with van der Waals surface area (Å²) in [6, 6.07) is 17.6. The third kappa shape index (κ3) is 3.22. The van der Waals surface area contributed by atoms with Gasteiger partial charge < -0.3 is 15.5 Å². The van der Waals surface area contributed by atoms with E-state index in [-0.39, 0.29) is 5.91 Å². The van der Waals surface area contributed by atoms with Crippen LogP contribution in [0.25, 0.3) is 0 Å². The van der Waals surface area contributed by atoms with Crippen molar-refractivity contribution in [3.8, 4) is 0 Å². The van der Waals surface area contributed by atoms with Crippen molar-refractivity contribution in [1.29, 1.82) is 0 Å². The first-order valence-electron chi connectivity index (χ1n) is 7.69. The minimum absolute atomic E-state index is 0.0715. The molecule has 2 aromatic rings. The highest BCUT2D eigenvalue weighted by atomic mass is 16.2. The Morgan fingerprint density at radius 1 is 0.909 bits per heavy atom. The van der Waals surface area contributed by atoms with E-state index >= 15 is 0 Å². The number of carbonyl (C=O) groups is 1. The Morgan fingerprint density at radius 3 is 2.50 bits per heavy atom. The smallest absolute Gasteiger partial charge is 0.253 e. The lowest BCUT2D eigenvalue weighted by Gasteiger charge is -2.23. The molecule has 114 valence electrons. The molecule has 1 fully saturated rings. The molecule has 0 spiro atoms. The number of rotatable bonds is 2. The number of nitrogens with two attached hydrogens (primary N) is 1. The maximum Gasteiger partial charge on any atom is 0.253 e. The maximum atomic E-state index is 12.6. The Bertz CT molecular complexity index is 642. The lowest BCUT2D eigenvalue weighted by molar-refractivity contribution is 0.0767. The predicted molar refractivity (Wildman–Crippen MR) is 90.0 cm³/mol. The van der Waals surface area contributed by atoms with Crippen LogP contribution in [-0.2, 0) is 0 Å². The van der Waals surface area contributed by atoms with Gasteiger partial charge in [-0.2, -0.15) is 0 Å². The van der Waals surface area contributed by atoms with Crippen LogP contribution in [0.3, 0.4) is 0 Å². The largest absolute Gasteiger partial charge is 0.399 e. The molecule has 0 aliphatic carbocycles. The van der Waals surface area contributed by atoms with Crippen molar-refractivity contribution in [2.45, 2.75) is 6.42 Å². The second kappa shape index (κ2) is 6.52. The van der Waals surface area contributed by atoms with Gasteiger partial charge in [-0.25, -0.2) is 0 Å². The highest BCUT2D eigenvalue weighted by molar-refractivity contribution is 5.95. The first-order valence-corrected chi connectivity index (χ1v) is 7.69. The zero-order chi connectivity index (χ0) is 15.4. The lowest BCUT2D eigenvalue weighted by atomic mass is 10.1. The third-order valence-corrected chi connectivity index (χ3v) is 4.04. The normalized spacial score (nSPS) is 15.5. The van der Waals surface area contributed by atoms with Gasteiger partial charge in [-0.3, -0.25) is 4.79 Å². The standard InChI is InChI=1S/C18H21N3O/c19-16-7-4-6-15(14-16)18(22)21-11-5-10-20(12-13-21)17-8-2-1-3-9-17/h1-4,6-9,14H,5,10-13,19H2. The van der Waals surface area contributed by atoms with Gasteiger partial charge in [0, 0.05) is 43.1 Å². The number of anilines is 2. The summed E-state index contributed by atoms with van der Waals surface area (Å²) in [5.41, 5.74) is 8.30. The molecule has 0 bridgehead atoms. The van der Waals surface area contributed by atoms with Crippen LogP contribution in [0.4, 0.5) is 11.4 Å². The van der Waals surface area contributed by atoms with E-state index in [0.717, 1.165) is 32.6 Å². The highest BCUT2D eigenvalue weighted by Gasteiger charge is 2.20.